The number of aliphatic hydroxyl groups excluding tert-OH is 1. The number of nitrogens with one attached hydrogen (secondary N) is 3. The molecule has 3 amide bonds. The fraction of sp³-hybridized carbons (Fsp3) is 0.500. The molecule has 4 rings (SSSR count). The maximum Gasteiger partial charge on any atom is 0.342 e. The maximum atomic E-state index is 13.9. The molecule has 10 nitrogen and oxygen atoms in total. The van der Waals surface area contributed by atoms with E-state index in [0.717, 1.165) is 31.2 Å². The van der Waals surface area contributed by atoms with Crippen LogP contribution in [-0.2, 0) is 38.4 Å². The second-order valence-electron chi connectivity index (χ2n) is 13.3. The third kappa shape index (κ3) is 12.0. The van der Waals surface area contributed by atoms with E-state index in [-0.39, 0.29) is 32.1 Å². The summed E-state index contributed by atoms with van der Waals surface area (Å²) in [6.07, 6.45) is 5.76. The van der Waals surface area contributed by atoms with E-state index in [1.54, 1.807) is 12.1 Å². The molecule has 1 saturated carbocycles. The number of hydrogen-bond donors (Lipinski definition) is 4. The third-order valence-corrected chi connectivity index (χ3v) is 9.55. The van der Waals surface area contributed by atoms with Gasteiger partial charge in [-0.2, -0.15) is 0 Å². The Morgan fingerprint density at radius 3 is 2.31 bits per heavy atom. The number of carbonyl (C=O) groups is 4. The highest BCUT2D eigenvalue weighted by atomic mass is 35.5. The molecule has 0 radical (unpaired) electrons. The van der Waals surface area contributed by atoms with Crippen LogP contribution in [0.25, 0.3) is 11.0 Å². The number of unbranched alkanes of at least 4 members (excludes halogenated alkanes) is 1. The van der Waals surface area contributed by atoms with Gasteiger partial charge in [0.1, 0.15) is 29.5 Å². The molecule has 3 aromatic rings. The predicted octanol–water partition coefficient (Wildman–Crippen LogP) is 5.59. The van der Waals surface area contributed by atoms with Crippen LogP contribution in [0.2, 0.25) is 0 Å². The van der Waals surface area contributed by atoms with Crippen LogP contribution in [0.1, 0.15) is 91.6 Å². The van der Waals surface area contributed by atoms with Crippen LogP contribution in [0, 0.1) is 17.8 Å². The molecule has 0 spiro atoms. The summed E-state index contributed by atoms with van der Waals surface area (Å²) >= 11 is 12.0. The number of carbonyl (C=O) groups excluding carboxylic acids is 4. The van der Waals surface area contributed by atoms with Crippen molar-refractivity contribution in [3.05, 3.63) is 70.5 Å². The molecule has 2 atom stereocenters. The Kier molecular flexibility index (Phi) is 16.3. The summed E-state index contributed by atoms with van der Waals surface area (Å²) in [5.41, 5.74) is 2.68. The summed E-state index contributed by atoms with van der Waals surface area (Å²) in [6.45, 7) is 3.20. The standard InChI is InChI=1S/C40H49Cl2N3O7/c1-26-14-16-31(17-15-26)51-40(50)36-32-23-29(22-30(12-7-4-8-18-41)37(32)52-35(36)13-9-19-42)25-33(38(48)43-20-21-46)45-39(49)34(44-27(2)47)24-28-10-5-3-6-11-28/h3,5-6,10-11,22-23,26,31,33-34,46H,4,8-9,13-21,24-25H2,1-2H3,(H,43,48)(H,44,47)(H,45,49)/t26?,31?,33-,34-/m0/s1. The van der Waals surface area contributed by atoms with Gasteiger partial charge in [-0.15, -0.1) is 23.2 Å². The van der Waals surface area contributed by atoms with Crippen LogP contribution in [0.15, 0.2) is 46.9 Å². The fourth-order valence-electron chi connectivity index (χ4n) is 6.34. The average molecular weight is 755 g/mol. The first-order valence-corrected chi connectivity index (χ1v) is 19.1. The smallest absolute Gasteiger partial charge is 0.342 e. The van der Waals surface area contributed by atoms with Gasteiger partial charge in [-0.25, -0.2) is 4.79 Å². The van der Waals surface area contributed by atoms with E-state index in [4.69, 9.17) is 32.4 Å². The number of aryl methyl sites for hydroxylation is 1. The molecular weight excluding hydrogens is 705 g/mol. The number of furan rings is 1. The zero-order chi connectivity index (χ0) is 37.5. The van der Waals surface area contributed by atoms with Crippen LogP contribution in [0.3, 0.4) is 0 Å². The minimum Gasteiger partial charge on any atom is -0.459 e. The lowest BCUT2D eigenvalue weighted by Gasteiger charge is -2.26. The summed E-state index contributed by atoms with van der Waals surface area (Å²) in [6, 6.07) is 10.7. The third-order valence-electron chi connectivity index (χ3n) is 9.02. The van der Waals surface area contributed by atoms with E-state index in [9.17, 15) is 24.3 Å². The Bertz CT molecular complexity index is 1730. The minimum absolute atomic E-state index is 0.00459. The second-order valence-corrected chi connectivity index (χ2v) is 14.1. The summed E-state index contributed by atoms with van der Waals surface area (Å²) in [7, 11) is 0. The topological polar surface area (TPSA) is 147 Å². The number of benzene rings is 2. The van der Waals surface area contributed by atoms with E-state index in [2.05, 4.69) is 34.7 Å². The molecule has 1 aromatic heterocycles. The number of aliphatic hydroxyl groups is 1. The lowest BCUT2D eigenvalue weighted by Crippen LogP contribution is -2.55. The molecule has 0 unspecified atom stereocenters. The van der Waals surface area contributed by atoms with Crippen molar-refractivity contribution < 1.29 is 33.4 Å². The Hall–Kier alpha value is -4.04. The van der Waals surface area contributed by atoms with Crippen molar-refractivity contribution in [1.82, 2.24) is 16.0 Å². The SMILES string of the molecule is CC(=O)N[C@@H](Cc1ccccc1)C(=O)N[C@@H](Cc1cc(C#CCCCCl)c2oc(CCCCl)c(C(=O)OC3CCC(C)CC3)c2c1)C(=O)NCCO. The Morgan fingerprint density at radius 2 is 1.63 bits per heavy atom. The maximum absolute atomic E-state index is 13.9. The van der Waals surface area contributed by atoms with Crippen molar-refractivity contribution in [2.45, 2.75) is 96.2 Å². The highest BCUT2D eigenvalue weighted by molar-refractivity contribution is 6.18. The van der Waals surface area contributed by atoms with E-state index in [1.165, 1.54) is 6.92 Å². The van der Waals surface area contributed by atoms with Gasteiger partial charge in [0.2, 0.25) is 17.7 Å². The summed E-state index contributed by atoms with van der Waals surface area (Å²) in [5.74, 6) is 6.23. The monoisotopic (exact) mass is 753 g/mol. The number of esters is 1. The van der Waals surface area contributed by atoms with Crippen molar-refractivity contribution in [2.75, 3.05) is 24.9 Å². The Morgan fingerprint density at radius 1 is 0.942 bits per heavy atom. The number of ether oxygens (including phenoxy) is 1. The van der Waals surface area contributed by atoms with Crippen LogP contribution in [0.5, 0.6) is 0 Å². The molecule has 0 bridgehead atoms. The average Bonchev–Trinajstić information content (AvgIpc) is 3.50. The first-order valence-electron chi connectivity index (χ1n) is 18.0. The molecule has 1 aliphatic rings. The minimum atomic E-state index is -1.11. The Balaban J connectivity index is 1.75. The predicted molar refractivity (Wildman–Crippen MR) is 202 cm³/mol. The molecule has 280 valence electrons. The molecular formula is C40H49Cl2N3O7. The van der Waals surface area contributed by atoms with Gasteiger partial charge in [0.15, 0.2) is 5.58 Å². The van der Waals surface area contributed by atoms with Crippen molar-refractivity contribution in [1.29, 1.82) is 0 Å². The number of hydrogen-bond acceptors (Lipinski definition) is 7. The molecule has 52 heavy (non-hydrogen) atoms. The summed E-state index contributed by atoms with van der Waals surface area (Å²) < 4.78 is 12.4. The van der Waals surface area contributed by atoms with E-state index < -0.39 is 35.8 Å². The molecule has 1 aliphatic carbocycles. The van der Waals surface area contributed by atoms with Gasteiger partial charge >= 0.3 is 5.97 Å². The van der Waals surface area contributed by atoms with Gasteiger partial charge in [-0.1, -0.05) is 49.1 Å². The van der Waals surface area contributed by atoms with Crippen molar-refractivity contribution in [3.63, 3.8) is 0 Å². The summed E-state index contributed by atoms with van der Waals surface area (Å²) in [4.78, 5) is 53.3. The highest BCUT2D eigenvalue weighted by Gasteiger charge is 2.30. The number of fused-ring (bicyclic) bond motifs is 1. The van der Waals surface area contributed by atoms with Crippen LogP contribution in [-0.4, -0.2) is 71.9 Å². The summed E-state index contributed by atoms with van der Waals surface area (Å²) in [5, 5.41) is 18.1. The Labute approximate surface area is 315 Å². The fourth-order valence-corrected chi connectivity index (χ4v) is 6.61. The van der Waals surface area contributed by atoms with E-state index >= 15 is 0 Å². The lowest BCUT2D eigenvalue weighted by molar-refractivity contribution is -0.131. The van der Waals surface area contributed by atoms with Crippen molar-refractivity contribution >= 4 is 57.9 Å². The zero-order valence-corrected chi connectivity index (χ0v) is 31.4. The van der Waals surface area contributed by atoms with E-state index in [1.807, 2.05) is 30.3 Å². The molecule has 1 heterocycles. The molecule has 4 N–H and O–H groups in total. The van der Waals surface area contributed by atoms with Crippen molar-refractivity contribution in [3.8, 4) is 11.8 Å². The van der Waals surface area contributed by atoms with Crippen LogP contribution >= 0.6 is 23.2 Å². The first kappa shape index (κ1) is 40.7. The van der Waals surface area contributed by atoms with Gasteiger partial charge < -0.3 is 30.2 Å². The first-order chi connectivity index (χ1) is 25.1. The van der Waals surface area contributed by atoms with Gasteiger partial charge in [-0.05, 0) is 67.7 Å². The van der Waals surface area contributed by atoms with Crippen LogP contribution in [0.4, 0.5) is 0 Å². The number of alkyl halides is 2. The number of halogens is 2. The number of rotatable bonds is 17. The lowest BCUT2D eigenvalue weighted by atomic mass is 9.89. The zero-order valence-electron chi connectivity index (χ0n) is 29.9. The van der Waals surface area contributed by atoms with Gasteiger partial charge in [0.05, 0.1) is 12.2 Å². The van der Waals surface area contributed by atoms with Gasteiger partial charge in [-0.3, -0.25) is 14.4 Å². The molecule has 1 fully saturated rings. The van der Waals surface area contributed by atoms with Gasteiger partial charge in [0.25, 0.3) is 0 Å². The molecule has 0 saturated heterocycles. The van der Waals surface area contributed by atoms with Gasteiger partial charge in [0, 0.05) is 56.3 Å². The number of amides is 3. The molecule has 12 heteroatoms. The molecule has 2 aromatic carbocycles. The second kappa shape index (κ2) is 20.9. The van der Waals surface area contributed by atoms with Crippen LogP contribution < -0.4 is 16.0 Å². The normalized spacial score (nSPS) is 16.6. The van der Waals surface area contributed by atoms with Crippen molar-refractivity contribution in [2.24, 2.45) is 5.92 Å². The largest absolute Gasteiger partial charge is 0.459 e. The highest BCUT2D eigenvalue weighted by Crippen LogP contribution is 2.34. The quantitative estimate of drug-likeness (QED) is 0.0608. The molecule has 0 aliphatic heterocycles. The van der Waals surface area contributed by atoms with E-state index in [0.29, 0.717) is 76.8 Å².